The topological polar surface area (TPSA) is 85.8 Å². The Hall–Kier alpha value is -2.89. The van der Waals surface area contributed by atoms with Crippen LogP contribution in [0.2, 0.25) is 0 Å². The summed E-state index contributed by atoms with van der Waals surface area (Å²) in [5.41, 5.74) is 8.30. The quantitative estimate of drug-likeness (QED) is 0.693. The molecule has 2 aromatic heterocycles. The van der Waals surface area contributed by atoms with Gasteiger partial charge in [0.15, 0.2) is 0 Å². The van der Waals surface area contributed by atoms with Crippen molar-refractivity contribution in [2.24, 2.45) is 7.05 Å². The molecule has 0 saturated carbocycles. The Morgan fingerprint density at radius 3 is 2.85 bits per heavy atom. The maximum atomic E-state index is 12.2. The normalized spacial score (nSPS) is 10.7. The second-order valence-corrected chi connectivity index (χ2v) is 4.40. The number of hydrogen-bond donors (Lipinski definition) is 2. The van der Waals surface area contributed by atoms with Crippen molar-refractivity contribution >= 4 is 28.2 Å². The van der Waals surface area contributed by atoms with Gasteiger partial charge in [0.2, 0.25) is 0 Å². The summed E-state index contributed by atoms with van der Waals surface area (Å²) in [6.07, 6.45) is 3.25. The number of nitrogens with one attached hydrogen (secondary N) is 1. The van der Waals surface area contributed by atoms with E-state index < -0.39 is 0 Å². The molecule has 0 unspecified atom stereocenters. The average molecular weight is 267 g/mol. The minimum Gasteiger partial charge on any atom is -0.397 e. The SMILES string of the molecule is Cn1nccc1C(=O)Nc1ccc(N)c2ncccc12. The minimum atomic E-state index is -0.222. The van der Waals surface area contributed by atoms with Gasteiger partial charge in [0.1, 0.15) is 5.69 Å². The Bertz CT molecular complexity index is 793. The van der Waals surface area contributed by atoms with Gasteiger partial charge in [-0.25, -0.2) is 0 Å². The highest BCUT2D eigenvalue weighted by molar-refractivity contribution is 6.09. The molecular formula is C14H13N5O. The van der Waals surface area contributed by atoms with Gasteiger partial charge in [-0.2, -0.15) is 5.10 Å². The molecule has 1 amide bonds. The van der Waals surface area contributed by atoms with E-state index in [1.807, 2.05) is 12.1 Å². The molecule has 0 fully saturated rings. The monoisotopic (exact) mass is 267 g/mol. The Kier molecular flexibility index (Phi) is 2.83. The molecule has 20 heavy (non-hydrogen) atoms. The van der Waals surface area contributed by atoms with Crippen LogP contribution in [0.15, 0.2) is 42.7 Å². The molecule has 0 aliphatic rings. The number of pyridine rings is 1. The molecule has 6 nitrogen and oxygen atoms in total. The van der Waals surface area contributed by atoms with Gasteiger partial charge in [0, 0.05) is 24.8 Å². The van der Waals surface area contributed by atoms with Crippen LogP contribution in [0.25, 0.3) is 10.9 Å². The standard InChI is InChI=1S/C14H13N5O/c1-19-12(6-8-17-19)14(20)18-11-5-4-10(15)13-9(11)3-2-7-16-13/h2-8H,15H2,1H3,(H,18,20). The number of nitrogen functional groups attached to an aromatic ring is 1. The van der Waals surface area contributed by atoms with Gasteiger partial charge >= 0.3 is 0 Å². The molecule has 3 N–H and O–H groups in total. The van der Waals surface area contributed by atoms with Crippen molar-refractivity contribution in [2.75, 3.05) is 11.1 Å². The third kappa shape index (κ3) is 1.97. The highest BCUT2D eigenvalue weighted by Gasteiger charge is 2.12. The summed E-state index contributed by atoms with van der Waals surface area (Å²) in [5.74, 6) is -0.222. The van der Waals surface area contributed by atoms with Crippen molar-refractivity contribution in [3.05, 3.63) is 48.4 Å². The van der Waals surface area contributed by atoms with Gasteiger partial charge in [0.25, 0.3) is 5.91 Å². The van der Waals surface area contributed by atoms with Gasteiger partial charge in [0.05, 0.1) is 16.9 Å². The Balaban J connectivity index is 2.02. The molecule has 0 aliphatic carbocycles. The van der Waals surface area contributed by atoms with Gasteiger partial charge in [-0.1, -0.05) is 0 Å². The lowest BCUT2D eigenvalue weighted by molar-refractivity contribution is 0.101. The zero-order valence-electron chi connectivity index (χ0n) is 10.9. The molecule has 2 heterocycles. The van der Waals surface area contributed by atoms with Crippen molar-refractivity contribution in [1.82, 2.24) is 14.8 Å². The number of rotatable bonds is 2. The molecular weight excluding hydrogens is 254 g/mol. The third-order valence-corrected chi connectivity index (χ3v) is 3.10. The first-order chi connectivity index (χ1) is 9.66. The highest BCUT2D eigenvalue weighted by atomic mass is 16.2. The molecule has 3 aromatic rings. The van der Waals surface area contributed by atoms with E-state index in [9.17, 15) is 4.79 Å². The number of hydrogen-bond acceptors (Lipinski definition) is 4. The first-order valence-corrected chi connectivity index (χ1v) is 6.09. The van der Waals surface area contributed by atoms with Crippen LogP contribution >= 0.6 is 0 Å². The molecule has 3 rings (SSSR count). The molecule has 0 atom stereocenters. The first-order valence-electron chi connectivity index (χ1n) is 6.09. The van der Waals surface area contributed by atoms with Crippen LogP contribution < -0.4 is 11.1 Å². The number of anilines is 2. The molecule has 0 radical (unpaired) electrons. The van der Waals surface area contributed by atoms with Crippen molar-refractivity contribution in [3.8, 4) is 0 Å². The summed E-state index contributed by atoms with van der Waals surface area (Å²) in [4.78, 5) is 16.4. The van der Waals surface area contributed by atoms with E-state index >= 15 is 0 Å². The van der Waals surface area contributed by atoms with E-state index in [4.69, 9.17) is 5.73 Å². The average Bonchev–Trinajstić information content (AvgIpc) is 2.88. The Morgan fingerprint density at radius 2 is 2.10 bits per heavy atom. The second kappa shape index (κ2) is 4.65. The lowest BCUT2D eigenvalue weighted by Gasteiger charge is -2.09. The highest BCUT2D eigenvalue weighted by Crippen LogP contribution is 2.26. The molecule has 0 saturated heterocycles. The van der Waals surface area contributed by atoms with Gasteiger partial charge in [-0.05, 0) is 30.3 Å². The van der Waals surface area contributed by atoms with Crippen LogP contribution in [0, 0.1) is 0 Å². The van der Waals surface area contributed by atoms with Crippen molar-refractivity contribution in [3.63, 3.8) is 0 Å². The third-order valence-electron chi connectivity index (χ3n) is 3.10. The predicted molar refractivity (Wildman–Crippen MR) is 77.3 cm³/mol. The lowest BCUT2D eigenvalue weighted by Crippen LogP contribution is -2.16. The number of nitrogens with two attached hydrogens (primary N) is 1. The van der Waals surface area contributed by atoms with E-state index in [0.29, 0.717) is 22.6 Å². The van der Waals surface area contributed by atoms with Crippen LogP contribution in [0.5, 0.6) is 0 Å². The van der Waals surface area contributed by atoms with E-state index in [1.54, 1.807) is 37.6 Å². The van der Waals surface area contributed by atoms with Crippen LogP contribution in [-0.2, 0) is 7.05 Å². The maximum Gasteiger partial charge on any atom is 0.273 e. The summed E-state index contributed by atoms with van der Waals surface area (Å²) < 4.78 is 1.52. The fourth-order valence-electron chi connectivity index (χ4n) is 2.09. The van der Waals surface area contributed by atoms with Crippen molar-refractivity contribution in [1.29, 1.82) is 0 Å². The molecule has 0 aliphatic heterocycles. The molecule has 1 aromatic carbocycles. The number of nitrogens with zero attached hydrogens (tertiary/aromatic N) is 3. The smallest absolute Gasteiger partial charge is 0.273 e. The van der Waals surface area contributed by atoms with Crippen LogP contribution in [0.1, 0.15) is 10.5 Å². The van der Waals surface area contributed by atoms with Crippen molar-refractivity contribution < 1.29 is 4.79 Å². The number of aryl methyl sites for hydroxylation is 1. The van der Waals surface area contributed by atoms with E-state index in [2.05, 4.69) is 15.4 Å². The van der Waals surface area contributed by atoms with E-state index in [-0.39, 0.29) is 5.91 Å². The van der Waals surface area contributed by atoms with E-state index in [0.717, 1.165) is 5.39 Å². The van der Waals surface area contributed by atoms with Crippen LogP contribution in [-0.4, -0.2) is 20.7 Å². The van der Waals surface area contributed by atoms with Crippen molar-refractivity contribution in [2.45, 2.75) is 0 Å². The predicted octanol–water partition coefficient (Wildman–Crippen LogP) is 1.80. The number of benzene rings is 1. The summed E-state index contributed by atoms with van der Waals surface area (Å²) in [6.45, 7) is 0. The number of fused-ring (bicyclic) bond motifs is 1. The lowest BCUT2D eigenvalue weighted by atomic mass is 10.1. The zero-order valence-corrected chi connectivity index (χ0v) is 10.9. The Morgan fingerprint density at radius 1 is 1.25 bits per heavy atom. The van der Waals surface area contributed by atoms with Gasteiger partial charge < -0.3 is 11.1 Å². The number of aromatic nitrogens is 3. The first kappa shape index (κ1) is 12.2. The fraction of sp³-hybridized carbons (Fsp3) is 0.0714. The van der Waals surface area contributed by atoms with E-state index in [1.165, 1.54) is 4.68 Å². The van der Waals surface area contributed by atoms with Gasteiger partial charge in [-0.3, -0.25) is 14.5 Å². The summed E-state index contributed by atoms with van der Waals surface area (Å²) >= 11 is 0. The molecule has 100 valence electrons. The number of carbonyl (C=O) groups excluding carboxylic acids is 1. The molecule has 0 spiro atoms. The maximum absolute atomic E-state index is 12.2. The van der Waals surface area contributed by atoms with Crippen LogP contribution in [0.4, 0.5) is 11.4 Å². The number of amides is 1. The summed E-state index contributed by atoms with van der Waals surface area (Å²) in [6, 6.07) is 8.84. The largest absolute Gasteiger partial charge is 0.397 e. The Labute approximate surface area is 115 Å². The second-order valence-electron chi connectivity index (χ2n) is 4.40. The molecule has 6 heteroatoms. The fourth-order valence-corrected chi connectivity index (χ4v) is 2.09. The molecule has 0 bridgehead atoms. The summed E-state index contributed by atoms with van der Waals surface area (Å²) in [5, 5.41) is 7.65. The van der Waals surface area contributed by atoms with Crippen LogP contribution in [0.3, 0.4) is 0 Å². The zero-order chi connectivity index (χ0) is 14.1. The van der Waals surface area contributed by atoms with Gasteiger partial charge in [-0.15, -0.1) is 0 Å². The minimum absolute atomic E-state index is 0.222. The summed E-state index contributed by atoms with van der Waals surface area (Å²) in [7, 11) is 1.72. The number of carbonyl (C=O) groups is 1.